The van der Waals surface area contributed by atoms with Gasteiger partial charge in [-0.2, -0.15) is 0 Å². The quantitative estimate of drug-likeness (QED) is 0.691. The maximum Gasteiger partial charge on any atom is 0 e. The largest absolute Gasteiger partial charge is 0.0683 e. The van der Waals surface area contributed by atoms with E-state index in [9.17, 15) is 0 Å². The van der Waals surface area contributed by atoms with Gasteiger partial charge in [0.1, 0.15) is 0 Å². The Labute approximate surface area is 77.9 Å². The Hall–Kier alpha value is -0.0917. The molecule has 0 unspecified atom stereocenters. The fourth-order valence-electron chi connectivity index (χ4n) is 0.534. The molecule has 0 nitrogen and oxygen atoms in total. The normalized spacial score (nSPS) is 6.70. The zero-order valence-electron chi connectivity index (χ0n) is 6.79. The predicted octanol–water partition coefficient (Wildman–Crippen LogP) is 3.02. The minimum Gasteiger partial charge on any atom is -0.0683 e. The van der Waals surface area contributed by atoms with Crippen LogP contribution < -0.4 is 0 Å². The van der Waals surface area contributed by atoms with E-state index in [4.69, 9.17) is 0 Å². The Morgan fingerprint density at radius 2 is 1.30 bits per heavy atom. The van der Waals surface area contributed by atoms with Crippen LogP contribution in [0.5, 0.6) is 0 Å². The van der Waals surface area contributed by atoms with Crippen LogP contribution in [0.4, 0.5) is 0 Å². The van der Waals surface area contributed by atoms with Crippen LogP contribution >= 0.6 is 0 Å². The summed E-state index contributed by atoms with van der Waals surface area (Å²) in [6.07, 6.45) is 0. The van der Waals surface area contributed by atoms with E-state index in [1.807, 2.05) is 32.0 Å². The maximum absolute atomic E-state index is 2.08. The number of hydrogen-bond acceptors (Lipinski definition) is 0. The molecule has 56 valence electrons. The summed E-state index contributed by atoms with van der Waals surface area (Å²) in [5.74, 6) is 0. The van der Waals surface area contributed by atoms with Gasteiger partial charge >= 0.3 is 0 Å². The minimum atomic E-state index is 0. The van der Waals surface area contributed by atoms with Gasteiger partial charge in [-0.25, -0.2) is 0 Å². The molecule has 0 heterocycles. The first kappa shape index (κ1) is 12.6. The fraction of sp³-hybridized carbons (Fsp3) is 0.333. The summed E-state index contributed by atoms with van der Waals surface area (Å²) in [7, 11) is 0. The summed E-state index contributed by atoms with van der Waals surface area (Å²) in [6.45, 7) is 6.08. The molecule has 0 bridgehead atoms. The van der Waals surface area contributed by atoms with Gasteiger partial charge in [-0.3, -0.25) is 0 Å². The molecule has 0 aliphatic carbocycles. The monoisotopic (exact) mass is 306 g/mol. The Morgan fingerprint density at radius 3 is 1.50 bits per heavy atom. The van der Waals surface area contributed by atoms with Gasteiger partial charge in [0.2, 0.25) is 0 Å². The fourth-order valence-corrected chi connectivity index (χ4v) is 0.534. The molecule has 0 atom stereocenters. The van der Waals surface area contributed by atoms with Crippen LogP contribution in [0.1, 0.15) is 19.4 Å². The molecule has 10 heavy (non-hydrogen) atoms. The van der Waals surface area contributed by atoms with E-state index in [2.05, 4.69) is 19.1 Å². The molecule has 1 aromatic rings. The molecular formula is C9H14W. The van der Waals surface area contributed by atoms with E-state index < -0.39 is 0 Å². The van der Waals surface area contributed by atoms with Crippen LogP contribution in [0.2, 0.25) is 0 Å². The number of aryl methyl sites for hydroxylation is 1. The van der Waals surface area contributed by atoms with Crippen molar-refractivity contribution in [2.24, 2.45) is 0 Å². The number of rotatable bonds is 0. The second kappa shape index (κ2) is 8.91. The SMILES string of the molecule is CC.Cc1ccccc1.[W]. The zero-order chi connectivity index (χ0) is 7.11. The van der Waals surface area contributed by atoms with Crippen LogP contribution in [0.25, 0.3) is 0 Å². The van der Waals surface area contributed by atoms with Crippen molar-refractivity contribution >= 4 is 0 Å². The van der Waals surface area contributed by atoms with Crippen LogP contribution in [0, 0.1) is 6.92 Å². The molecule has 0 aromatic heterocycles. The molecule has 0 radical (unpaired) electrons. The van der Waals surface area contributed by atoms with Gasteiger partial charge in [-0.15, -0.1) is 0 Å². The van der Waals surface area contributed by atoms with Gasteiger partial charge in [0.05, 0.1) is 0 Å². The molecule has 0 amide bonds. The van der Waals surface area contributed by atoms with Crippen molar-refractivity contribution in [3.63, 3.8) is 0 Å². The van der Waals surface area contributed by atoms with Crippen LogP contribution in [-0.4, -0.2) is 0 Å². The van der Waals surface area contributed by atoms with Crippen molar-refractivity contribution in [1.29, 1.82) is 0 Å². The van der Waals surface area contributed by atoms with Gasteiger partial charge in [0.15, 0.2) is 0 Å². The van der Waals surface area contributed by atoms with E-state index in [0.717, 1.165) is 0 Å². The summed E-state index contributed by atoms with van der Waals surface area (Å²) < 4.78 is 0. The van der Waals surface area contributed by atoms with E-state index >= 15 is 0 Å². The second-order valence-electron chi connectivity index (χ2n) is 1.65. The molecule has 1 heteroatoms. The third-order valence-corrected chi connectivity index (χ3v) is 0.940. The van der Waals surface area contributed by atoms with Gasteiger partial charge in [-0.1, -0.05) is 49.7 Å². The topological polar surface area (TPSA) is 0 Å². The average Bonchev–Trinajstić information content (AvgIpc) is 1.94. The summed E-state index contributed by atoms with van der Waals surface area (Å²) >= 11 is 0. The molecule has 0 saturated carbocycles. The van der Waals surface area contributed by atoms with Gasteiger partial charge < -0.3 is 0 Å². The number of hydrogen-bond donors (Lipinski definition) is 0. The Balaban J connectivity index is 0. The summed E-state index contributed by atoms with van der Waals surface area (Å²) in [5, 5.41) is 0. The van der Waals surface area contributed by atoms with E-state index in [1.165, 1.54) is 5.56 Å². The van der Waals surface area contributed by atoms with Crippen LogP contribution in [-0.2, 0) is 21.1 Å². The smallest absolute Gasteiger partial charge is 0 e. The van der Waals surface area contributed by atoms with Crippen LogP contribution in [0.15, 0.2) is 30.3 Å². The van der Waals surface area contributed by atoms with Gasteiger partial charge in [-0.05, 0) is 6.92 Å². The standard InChI is InChI=1S/C7H8.C2H6.W/c1-7-5-3-2-4-6-7;1-2;/h2-6H,1H3;1-2H3;. The van der Waals surface area contributed by atoms with Gasteiger partial charge in [0, 0.05) is 21.1 Å². The second-order valence-corrected chi connectivity index (χ2v) is 1.65. The molecule has 1 aromatic carbocycles. The van der Waals surface area contributed by atoms with Gasteiger partial charge in [0.25, 0.3) is 0 Å². The van der Waals surface area contributed by atoms with Crippen LogP contribution in [0.3, 0.4) is 0 Å². The number of benzene rings is 1. The Bertz CT molecular complexity index is 135. The van der Waals surface area contributed by atoms with Crippen molar-refractivity contribution in [3.8, 4) is 0 Å². The maximum atomic E-state index is 2.08. The average molecular weight is 306 g/mol. The van der Waals surface area contributed by atoms with E-state index in [1.54, 1.807) is 0 Å². The molecule has 0 spiro atoms. The summed E-state index contributed by atoms with van der Waals surface area (Å²) in [6, 6.07) is 10.3. The Kier molecular flexibility index (Phi) is 11.2. The summed E-state index contributed by atoms with van der Waals surface area (Å²) in [4.78, 5) is 0. The van der Waals surface area contributed by atoms with Crippen molar-refractivity contribution < 1.29 is 21.1 Å². The molecule has 0 N–H and O–H groups in total. The molecule has 0 saturated heterocycles. The molecule has 0 aliphatic rings. The first-order valence-corrected chi connectivity index (χ1v) is 3.41. The van der Waals surface area contributed by atoms with Crippen molar-refractivity contribution in [2.45, 2.75) is 20.8 Å². The third-order valence-electron chi connectivity index (χ3n) is 0.940. The molecule has 1 rings (SSSR count). The zero-order valence-corrected chi connectivity index (χ0v) is 9.73. The Morgan fingerprint density at radius 1 is 0.900 bits per heavy atom. The van der Waals surface area contributed by atoms with Crippen molar-refractivity contribution in [1.82, 2.24) is 0 Å². The third kappa shape index (κ3) is 6.03. The summed E-state index contributed by atoms with van der Waals surface area (Å²) in [5.41, 5.74) is 1.32. The van der Waals surface area contributed by atoms with E-state index in [-0.39, 0.29) is 21.1 Å². The first-order valence-electron chi connectivity index (χ1n) is 3.41. The molecule has 0 aliphatic heterocycles. The predicted molar refractivity (Wildman–Crippen MR) is 42.5 cm³/mol. The van der Waals surface area contributed by atoms with E-state index in [0.29, 0.717) is 0 Å². The molecule has 0 fully saturated rings. The molecular weight excluding hydrogens is 292 g/mol. The van der Waals surface area contributed by atoms with Crippen molar-refractivity contribution in [3.05, 3.63) is 35.9 Å². The first-order chi connectivity index (χ1) is 4.39. The minimum absolute atomic E-state index is 0. The van der Waals surface area contributed by atoms with Crippen molar-refractivity contribution in [2.75, 3.05) is 0 Å².